The lowest BCUT2D eigenvalue weighted by Gasteiger charge is -2.28. The fourth-order valence-corrected chi connectivity index (χ4v) is 3.91. The maximum atomic E-state index is 5.71. The van der Waals surface area contributed by atoms with Crippen molar-refractivity contribution in [2.24, 2.45) is 7.05 Å². The molecule has 6 heteroatoms. The van der Waals surface area contributed by atoms with Crippen molar-refractivity contribution in [3.63, 3.8) is 0 Å². The zero-order chi connectivity index (χ0) is 18.8. The normalized spacial score (nSPS) is 19.2. The van der Waals surface area contributed by atoms with Crippen molar-refractivity contribution in [3.05, 3.63) is 83.9 Å². The number of nitrogens with one attached hydrogen (secondary N) is 1. The van der Waals surface area contributed by atoms with E-state index in [0.29, 0.717) is 0 Å². The highest BCUT2D eigenvalue weighted by atomic mass is 32.1. The molecule has 0 amide bonds. The molecule has 2 atom stereocenters. The summed E-state index contributed by atoms with van der Waals surface area (Å²) in [7, 11) is 3.75. The van der Waals surface area contributed by atoms with Crippen LogP contribution in [0.1, 0.15) is 29.0 Å². The second-order valence-corrected chi connectivity index (χ2v) is 7.03. The van der Waals surface area contributed by atoms with Gasteiger partial charge in [0.05, 0.1) is 24.9 Å². The molecular weight excluding hydrogens is 356 g/mol. The number of benzene rings is 1. The van der Waals surface area contributed by atoms with Gasteiger partial charge in [-0.25, -0.2) is 0 Å². The number of aryl methyl sites for hydroxylation is 1. The fourth-order valence-electron chi connectivity index (χ4n) is 3.61. The molecule has 0 aliphatic carbocycles. The first-order chi connectivity index (χ1) is 13.2. The maximum absolute atomic E-state index is 5.71. The molecule has 1 aliphatic rings. The average Bonchev–Trinajstić information content (AvgIpc) is 3.26. The Bertz CT molecular complexity index is 923. The van der Waals surface area contributed by atoms with Crippen LogP contribution < -0.4 is 10.1 Å². The van der Waals surface area contributed by atoms with Crippen LogP contribution in [-0.2, 0) is 13.6 Å². The summed E-state index contributed by atoms with van der Waals surface area (Å²) in [6, 6.07) is 18.4. The lowest BCUT2D eigenvalue weighted by atomic mass is 10.0. The van der Waals surface area contributed by atoms with Gasteiger partial charge in [-0.1, -0.05) is 18.2 Å². The van der Waals surface area contributed by atoms with Crippen molar-refractivity contribution >= 4 is 17.3 Å². The molecule has 3 heterocycles. The van der Waals surface area contributed by atoms with Crippen LogP contribution in [0.25, 0.3) is 0 Å². The van der Waals surface area contributed by atoms with Crippen molar-refractivity contribution < 1.29 is 4.74 Å². The molecule has 2 aromatic heterocycles. The minimum Gasteiger partial charge on any atom is -0.497 e. The molecule has 1 fully saturated rings. The number of rotatable bonds is 5. The van der Waals surface area contributed by atoms with Gasteiger partial charge in [0.25, 0.3) is 0 Å². The predicted molar refractivity (Wildman–Crippen MR) is 109 cm³/mol. The number of nitrogens with zero attached hydrogens (tertiary/aromatic N) is 3. The first kappa shape index (κ1) is 17.5. The predicted octanol–water partition coefficient (Wildman–Crippen LogP) is 3.60. The fraction of sp³-hybridized carbons (Fsp3) is 0.238. The Labute approximate surface area is 164 Å². The van der Waals surface area contributed by atoms with Crippen LogP contribution in [-0.4, -0.2) is 26.7 Å². The van der Waals surface area contributed by atoms with Crippen LogP contribution in [0.4, 0.5) is 0 Å². The third-order valence-corrected chi connectivity index (χ3v) is 5.35. The summed E-state index contributed by atoms with van der Waals surface area (Å²) in [6.45, 7) is 0.717. The Kier molecular flexibility index (Phi) is 4.81. The van der Waals surface area contributed by atoms with Crippen LogP contribution in [0.15, 0.2) is 67.0 Å². The number of methoxy groups -OCH3 is 1. The number of thiocarbonyl (C=S) groups is 1. The van der Waals surface area contributed by atoms with Crippen molar-refractivity contribution in [1.29, 1.82) is 0 Å². The summed E-state index contributed by atoms with van der Waals surface area (Å²) in [4.78, 5) is 6.82. The highest BCUT2D eigenvalue weighted by Crippen LogP contribution is 2.39. The Morgan fingerprint density at radius 3 is 2.56 bits per heavy atom. The maximum Gasteiger partial charge on any atom is 0.170 e. The van der Waals surface area contributed by atoms with Gasteiger partial charge in [-0.2, -0.15) is 0 Å². The van der Waals surface area contributed by atoms with Crippen LogP contribution in [0.3, 0.4) is 0 Å². The summed E-state index contributed by atoms with van der Waals surface area (Å²) >= 11 is 5.71. The highest BCUT2D eigenvalue weighted by Gasteiger charge is 2.40. The summed E-state index contributed by atoms with van der Waals surface area (Å²) in [6.07, 6.45) is 3.89. The van der Waals surface area contributed by atoms with Crippen molar-refractivity contribution in [1.82, 2.24) is 19.8 Å². The quantitative estimate of drug-likeness (QED) is 0.687. The third-order valence-electron chi connectivity index (χ3n) is 5.00. The van der Waals surface area contributed by atoms with Crippen molar-refractivity contribution in [2.45, 2.75) is 18.6 Å². The summed E-state index contributed by atoms with van der Waals surface area (Å²) in [5, 5.41) is 4.23. The molecule has 27 heavy (non-hydrogen) atoms. The number of aromatic nitrogens is 2. The molecular formula is C21H22N4OS. The van der Waals surface area contributed by atoms with E-state index in [1.165, 1.54) is 11.3 Å². The second-order valence-electron chi connectivity index (χ2n) is 6.65. The molecule has 1 saturated heterocycles. The van der Waals surface area contributed by atoms with E-state index in [0.717, 1.165) is 23.1 Å². The van der Waals surface area contributed by atoms with E-state index in [1.807, 2.05) is 36.5 Å². The summed E-state index contributed by atoms with van der Waals surface area (Å²) in [5.74, 6) is 0.853. The number of pyridine rings is 1. The lowest BCUT2D eigenvalue weighted by molar-refractivity contribution is 0.299. The van der Waals surface area contributed by atoms with E-state index in [-0.39, 0.29) is 12.1 Å². The minimum absolute atomic E-state index is 0.00514. The lowest BCUT2D eigenvalue weighted by Crippen LogP contribution is -2.29. The third kappa shape index (κ3) is 3.40. The Morgan fingerprint density at radius 2 is 1.93 bits per heavy atom. The van der Waals surface area contributed by atoms with Crippen molar-refractivity contribution in [3.8, 4) is 5.75 Å². The first-order valence-electron chi connectivity index (χ1n) is 8.89. The Hall–Kier alpha value is -2.86. The molecule has 4 rings (SSSR count). The highest BCUT2D eigenvalue weighted by molar-refractivity contribution is 7.80. The monoisotopic (exact) mass is 378 g/mol. The molecule has 0 saturated carbocycles. The van der Waals surface area contributed by atoms with Crippen LogP contribution in [0, 0.1) is 0 Å². The zero-order valence-corrected chi connectivity index (χ0v) is 16.2. The molecule has 0 bridgehead atoms. The average molecular weight is 379 g/mol. The van der Waals surface area contributed by atoms with E-state index < -0.39 is 0 Å². The van der Waals surface area contributed by atoms with Gasteiger partial charge in [-0.15, -0.1) is 0 Å². The molecule has 1 aliphatic heterocycles. The second kappa shape index (κ2) is 7.40. The SMILES string of the molecule is COc1ccc(CN2C(=S)N[C@H](c3ccccn3)[C@@H]2c2cccn2C)cc1. The Balaban J connectivity index is 1.70. The van der Waals surface area contributed by atoms with Gasteiger partial charge >= 0.3 is 0 Å². The standard InChI is InChI=1S/C21H22N4OS/c1-24-13-5-7-18(24)20-19(17-6-3-4-12-22-17)23-21(27)25(20)14-15-8-10-16(26-2)11-9-15/h3-13,19-20H,14H2,1-2H3,(H,23,27)/t19-,20+/m1/s1. The van der Waals surface area contributed by atoms with Gasteiger partial charge < -0.3 is 19.5 Å². The van der Waals surface area contributed by atoms with Gasteiger partial charge in [0.1, 0.15) is 5.75 Å². The van der Waals surface area contributed by atoms with Gasteiger partial charge in [0.15, 0.2) is 5.11 Å². The molecule has 3 aromatic rings. The van der Waals surface area contributed by atoms with Gasteiger partial charge in [-0.05, 0) is 54.2 Å². The molecule has 1 N–H and O–H groups in total. The summed E-state index contributed by atoms with van der Waals surface area (Å²) < 4.78 is 7.42. The van der Waals surface area contributed by atoms with Gasteiger partial charge in [0.2, 0.25) is 0 Å². The zero-order valence-electron chi connectivity index (χ0n) is 15.4. The molecule has 0 radical (unpaired) electrons. The van der Waals surface area contributed by atoms with Crippen LogP contribution in [0.5, 0.6) is 5.75 Å². The number of hydrogen-bond acceptors (Lipinski definition) is 3. The molecule has 1 aromatic carbocycles. The Morgan fingerprint density at radius 1 is 1.11 bits per heavy atom. The molecule has 138 valence electrons. The number of hydrogen-bond donors (Lipinski definition) is 1. The van der Waals surface area contributed by atoms with E-state index in [1.54, 1.807) is 7.11 Å². The van der Waals surface area contributed by atoms with Gasteiger partial charge in [-0.3, -0.25) is 4.98 Å². The van der Waals surface area contributed by atoms with Crippen molar-refractivity contribution in [2.75, 3.05) is 7.11 Å². The molecule has 0 unspecified atom stereocenters. The topological polar surface area (TPSA) is 42.3 Å². The molecule has 0 spiro atoms. The van der Waals surface area contributed by atoms with Crippen LogP contribution in [0.2, 0.25) is 0 Å². The van der Waals surface area contributed by atoms with Gasteiger partial charge in [0, 0.05) is 31.7 Å². The number of ether oxygens (including phenoxy) is 1. The summed E-state index contributed by atoms with van der Waals surface area (Å²) in [5.41, 5.74) is 3.37. The van der Waals surface area contributed by atoms with E-state index in [2.05, 4.69) is 57.3 Å². The van der Waals surface area contributed by atoms with E-state index in [4.69, 9.17) is 17.0 Å². The van der Waals surface area contributed by atoms with E-state index in [9.17, 15) is 0 Å². The minimum atomic E-state index is 0.00514. The largest absolute Gasteiger partial charge is 0.497 e. The van der Waals surface area contributed by atoms with E-state index >= 15 is 0 Å². The smallest absolute Gasteiger partial charge is 0.170 e. The van der Waals surface area contributed by atoms with Crippen LogP contribution >= 0.6 is 12.2 Å². The first-order valence-corrected chi connectivity index (χ1v) is 9.30. The molecule has 5 nitrogen and oxygen atoms in total.